The fraction of sp³-hybridized carbons (Fsp3) is 0.0526. The standard InChI is InChI=1S/C19H15NO4/c21-14-8-9-17(16(11-14)19(23)24)20-18(22)10-13-6-3-5-12-4-1-2-7-15(12)13/h1-9,11,21H,10H2,(H,20,22)(H,23,24)/p-1. The summed E-state index contributed by atoms with van der Waals surface area (Å²) >= 11 is 0. The summed E-state index contributed by atoms with van der Waals surface area (Å²) < 4.78 is 0. The summed E-state index contributed by atoms with van der Waals surface area (Å²) in [7, 11) is 0. The van der Waals surface area contributed by atoms with Gasteiger partial charge in [0.1, 0.15) is 0 Å². The lowest BCUT2D eigenvalue weighted by Gasteiger charge is -2.13. The quantitative estimate of drug-likeness (QED) is 0.773. The molecule has 3 aromatic rings. The number of carbonyl (C=O) groups is 2. The summed E-state index contributed by atoms with van der Waals surface area (Å²) in [6, 6.07) is 17.0. The van der Waals surface area contributed by atoms with E-state index in [1.54, 1.807) is 0 Å². The highest BCUT2D eigenvalue weighted by molar-refractivity contribution is 6.02. The molecule has 3 aromatic carbocycles. The van der Waals surface area contributed by atoms with Crippen LogP contribution in [0.15, 0.2) is 60.7 Å². The first-order valence-electron chi connectivity index (χ1n) is 7.35. The highest BCUT2D eigenvalue weighted by atomic mass is 16.4. The van der Waals surface area contributed by atoms with Gasteiger partial charge >= 0.3 is 5.97 Å². The summed E-state index contributed by atoms with van der Waals surface area (Å²) in [6.45, 7) is 0. The molecule has 2 N–H and O–H groups in total. The third-order valence-electron chi connectivity index (χ3n) is 3.73. The molecule has 0 atom stereocenters. The Morgan fingerprint density at radius 3 is 2.54 bits per heavy atom. The number of nitrogens with one attached hydrogen (secondary N) is 1. The van der Waals surface area contributed by atoms with Crippen molar-refractivity contribution in [1.29, 1.82) is 0 Å². The second-order valence-corrected chi connectivity index (χ2v) is 5.38. The zero-order valence-electron chi connectivity index (χ0n) is 12.7. The number of rotatable bonds is 4. The topological polar surface area (TPSA) is 89.5 Å². The van der Waals surface area contributed by atoms with Crippen LogP contribution in [0.25, 0.3) is 10.8 Å². The van der Waals surface area contributed by atoms with E-state index in [0.29, 0.717) is 0 Å². The average Bonchev–Trinajstić information content (AvgIpc) is 2.56. The molecular formula is C19H14NO4-. The van der Waals surface area contributed by atoms with Gasteiger partial charge in [0, 0.05) is 0 Å². The van der Waals surface area contributed by atoms with E-state index in [0.717, 1.165) is 22.4 Å². The third-order valence-corrected chi connectivity index (χ3v) is 3.73. The maximum atomic E-state index is 12.3. The van der Waals surface area contributed by atoms with Crippen molar-refractivity contribution in [3.8, 4) is 5.75 Å². The fourth-order valence-corrected chi connectivity index (χ4v) is 2.62. The van der Waals surface area contributed by atoms with Crippen LogP contribution in [0.4, 0.5) is 5.69 Å². The Hall–Kier alpha value is -3.34. The monoisotopic (exact) mass is 320 g/mol. The molecule has 0 aliphatic rings. The molecule has 120 valence electrons. The van der Waals surface area contributed by atoms with Crippen LogP contribution in [0.3, 0.4) is 0 Å². The zero-order valence-corrected chi connectivity index (χ0v) is 12.7. The number of amides is 1. The molecule has 1 amide bonds. The second kappa shape index (κ2) is 6.42. The van der Waals surface area contributed by atoms with E-state index in [4.69, 9.17) is 5.11 Å². The number of hydrogen-bond acceptors (Lipinski definition) is 3. The predicted octanol–water partition coefficient (Wildman–Crippen LogP) is 2.79. The van der Waals surface area contributed by atoms with Gasteiger partial charge in [0.05, 0.1) is 17.7 Å². The van der Waals surface area contributed by atoms with Crippen molar-refractivity contribution in [2.24, 2.45) is 0 Å². The molecule has 0 aromatic heterocycles. The SMILES string of the molecule is O=C(Cc1cccc2ccccc12)Nc1ccc([O-])cc1C(=O)O. The van der Waals surface area contributed by atoms with E-state index in [2.05, 4.69) is 5.32 Å². The molecule has 24 heavy (non-hydrogen) atoms. The van der Waals surface area contributed by atoms with Gasteiger partial charge in [-0.2, -0.15) is 0 Å². The molecule has 3 rings (SSSR count). The normalized spacial score (nSPS) is 10.5. The Labute approximate surface area is 138 Å². The first-order chi connectivity index (χ1) is 11.5. The predicted molar refractivity (Wildman–Crippen MR) is 89.1 cm³/mol. The van der Waals surface area contributed by atoms with Crippen molar-refractivity contribution >= 4 is 28.3 Å². The van der Waals surface area contributed by atoms with Crippen LogP contribution >= 0.6 is 0 Å². The largest absolute Gasteiger partial charge is 0.872 e. The van der Waals surface area contributed by atoms with Gasteiger partial charge in [0.2, 0.25) is 5.91 Å². The lowest BCUT2D eigenvalue weighted by atomic mass is 10.0. The molecule has 0 radical (unpaired) electrons. The number of carboxylic acids is 1. The Bertz CT molecular complexity index is 928. The maximum Gasteiger partial charge on any atom is 0.337 e. The molecule has 0 aliphatic heterocycles. The van der Waals surface area contributed by atoms with Gasteiger partial charge in [-0.3, -0.25) is 4.79 Å². The van der Waals surface area contributed by atoms with E-state index < -0.39 is 11.7 Å². The smallest absolute Gasteiger partial charge is 0.337 e. The lowest BCUT2D eigenvalue weighted by molar-refractivity contribution is -0.268. The Morgan fingerprint density at radius 1 is 1.00 bits per heavy atom. The van der Waals surface area contributed by atoms with Crippen molar-refractivity contribution in [3.05, 3.63) is 71.8 Å². The van der Waals surface area contributed by atoms with Crippen molar-refractivity contribution in [2.45, 2.75) is 6.42 Å². The number of anilines is 1. The van der Waals surface area contributed by atoms with Gasteiger partial charge in [0.15, 0.2) is 0 Å². The van der Waals surface area contributed by atoms with E-state index >= 15 is 0 Å². The van der Waals surface area contributed by atoms with Crippen LogP contribution in [0, 0.1) is 0 Å². The van der Waals surface area contributed by atoms with Gasteiger partial charge < -0.3 is 15.5 Å². The summed E-state index contributed by atoms with van der Waals surface area (Å²) in [5.74, 6) is -2.01. The number of carboxylic acid groups (broad SMARTS) is 1. The fourth-order valence-electron chi connectivity index (χ4n) is 2.62. The van der Waals surface area contributed by atoms with E-state index in [1.807, 2.05) is 42.5 Å². The van der Waals surface area contributed by atoms with Crippen LogP contribution in [0.5, 0.6) is 5.75 Å². The van der Waals surface area contributed by atoms with Crippen LogP contribution in [-0.2, 0) is 11.2 Å². The van der Waals surface area contributed by atoms with Crippen molar-refractivity contribution in [1.82, 2.24) is 0 Å². The van der Waals surface area contributed by atoms with Crippen molar-refractivity contribution in [2.75, 3.05) is 5.32 Å². The van der Waals surface area contributed by atoms with E-state index in [-0.39, 0.29) is 23.6 Å². The lowest BCUT2D eigenvalue weighted by Crippen LogP contribution is -2.17. The highest BCUT2D eigenvalue weighted by Gasteiger charge is 2.13. The minimum atomic E-state index is -1.26. The maximum absolute atomic E-state index is 12.3. The van der Waals surface area contributed by atoms with Crippen molar-refractivity contribution in [3.63, 3.8) is 0 Å². The van der Waals surface area contributed by atoms with Crippen molar-refractivity contribution < 1.29 is 19.8 Å². The number of fused-ring (bicyclic) bond motifs is 1. The van der Waals surface area contributed by atoms with Gasteiger partial charge in [0.25, 0.3) is 0 Å². The van der Waals surface area contributed by atoms with Gasteiger partial charge in [-0.1, -0.05) is 54.6 Å². The van der Waals surface area contributed by atoms with Gasteiger partial charge in [-0.15, -0.1) is 5.75 Å². The van der Waals surface area contributed by atoms with Crippen LogP contribution in [0.2, 0.25) is 0 Å². The molecule has 5 heteroatoms. The Morgan fingerprint density at radius 2 is 1.75 bits per heavy atom. The van der Waals surface area contributed by atoms with Gasteiger partial charge in [-0.05, 0) is 22.4 Å². The molecule has 5 nitrogen and oxygen atoms in total. The summed E-state index contributed by atoms with van der Waals surface area (Å²) in [4.78, 5) is 23.5. The molecule has 0 bridgehead atoms. The number of carbonyl (C=O) groups excluding carboxylic acids is 1. The average molecular weight is 320 g/mol. The molecule has 0 spiro atoms. The summed E-state index contributed by atoms with van der Waals surface area (Å²) in [5, 5.41) is 25.0. The first-order valence-corrected chi connectivity index (χ1v) is 7.35. The van der Waals surface area contributed by atoms with Crippen LogP contribution in [-0.4, -0.2) is 17.0 Å². The third kappa shape index (κ3) is 3.20. The highest BCUT2D eigenvalue weighted by Crippen LogP contribution is 2.22. The van der Waals surface area contributed by atoms with Gasteiger partial charge in [-0.25, -0.2) is 4.79 Å². The van der Waals surface area contributed by atoms with E-state index in [1.165, 1.54) is 12.1 Å². The van der Waals surface area contributed by atoms with Crippen LogP contribution in [0.1, 0.15) is 15.9 Å². The van der Waals surface area contributed by atoms with E-state index in [9.17, 15) is 14.7 Å². The molecule has 0 fully saturated rings. The number of benzene rings is 3. The first kappa shape index (κ1) is 15.6. The molecule has 0 saturated carbocycles. The zero-order chi connectivity index (χ0) is 17.1. The minimum Gasteiger partial charge on any atom is -0.872 e. The number of aromatic carboxylic acids is 1. The molecule has 0 heterocycles. The summed E-state index contributed by atoms with van der Waals surface area (Å²) in [5.41, 5.74) is 0.754. The molecule has 0 aliphatic carbocycles. The Kier molecular flexibility index (Phi) is 4.16. The minimum absolute atomic E-state index is 0.111. The molecular weight excluding hydrogens is 306 g/mol. The van der Waals surface area contributed by atoms with Crippen LogP contribution < -0.4 is 10.4 Å². The molecule has 0 saturated heterocycles. The molecule has 0 unspecified atom stereocenters. The Balaban J connectivity index is 1.85. The summed E-state index contributed by atoms with van der Waals surface area (Å²) in [6.07, 6.45) is 0.111. The number of hydrogen-bond donors (Lipinski definition) is 2. The second-order valence-electron chi connectivity index (χ2n) is 5.38.